The first-order chi connectivity index (χ1) is 18.5. The summed E-state index contributed by atoms with van der Waals surface area (Å²) in [6.45, 7) is 7.00. The molecular formula is C29H33Cl2N3O4S. The van der Waals surface area contributed by atoms with Gasteiger partial charge in [-0.2, -0.15) is 0 Å². The highest BCUT2D eigenvalue weighted by atomic mass is 35.5. The molecule has 0 bridgehead atoms. The fourth-order valence-electron chi connectivity index (χ4n) is 4.29. The van der Waals surface area contributed by atoms with Crippen LogP contribution in [0.5, 0.6) is 0 Å². The van der Waals surface area contributed by atoms with Crippen LogP contribution in [0.4, 0.5) is 5.69 Å². The van der Waals surface area contributed by atoms with Gasteiger partial charge in [-0.15, -0.1) is 0 Å². The van der Waals surface area contributed by atoms with Gasteiger partial charge in [0, 0.05) is 28.7 Å². The van der Waals surface area contributed by atoms with Gasteiger partial charge in [-0.3, -0.25) is 13.9 Å². The minimum Gasteiger partial charge on any atom is -0.355 e. The van der Waals surface area contributed by atoms with Crippen LogP contribution >= 0.6 is 23.2 Å². The van der Waals surface area contributed by atoms with Gasteiger partial charge in [0.15, 0.2) is 0 Å². The molecule has 0 unspecified atom stereocenters. The molecule has 0 aliphatic rings. The zero-order chi connectivity index (χ0) is 28.7. The second-order valence-electron chi connectivity index (χ2n) is 9.16. The molecular weight excluding hydrogens is 557 g/mol. The monoisotopic (exact) mass is 589 g/mol. The number of aryl methyl sites for hydroxylation is 2. The number of carbonyl (C=O) groups is 2. The Morgan fingerprint density at radius 1 is 0.923 bits per heavy atom. The highest BCUT2D eigenvalue weighted by Crippen LogP contribution is 2.30. The van der Waals surface area contributed by atoms with Gasteiger partial charge in [0.05, 0.1) is 10.6 Å². The molecule has 10 heteroatoms. The molecule has 3 aromatic carbocycles. The molecule has 0 aliphatic heterocycles. The van der Waals surface area contributed by atoms with E-state index in [9.17, 15) is 18.0 Å². The lowest BCUT2D eigenvalue weighted by atomic mass is 10.1. The summed E-state index contributed by atoms with van der Waals surface area (Å²) in [5, 5.41) is 3.46. The normalized spacial score (nSPS) is 12.1. The number of anilines is 1. The molecule has 0 fully saturated rings. The largest absolute Gasteiger partial charge is 0.355 e. The maximum atomic E-state index is 14.1. The highest BCUT2D eigenvalue weighted by molar-refractivity contribution is 7.92. The van der Waals surface area contributed by atoms with Crippen molar-refractivity contribution in [2.24, 2.45) is 0 Å². The van der Waals surface area contributed by atoms with Crippen LogP contribution < -0.4 is 9.62 Å². The average molecular weight is 591 g/mol. The summed E-state index contributed by atoms with van der Waals surface area (Å²) in [5.74, 6) is -0.912. The third kappa shape index (κ3) is 7.12. The Hall–Kier alpha value is -3.07. The fraction of sp³-hybridized carbons (Fsp3) is 0.310. The topological polar surface area (TPSA) is 86.8 Å². The van der Waals surface area contributed by atoms with Gasteiger partial charge in [0.25, 0.3) is 10.0 Å². The molecule has 7 nitrogen and oxygen atoms in total. The van der Waals surface area contributed by atoms with E-state index in [4.69, 9.17) is 23.2 Å². The lowest BCUT2D eigenvalue weighted by Gasteiger charge is -2.34. The Kier molecular flexibility index (Phi) is 10.4. The van der Waals surface area contributed by atoms with Crippen LogP contribution in [0.3, 0.4) is 0 Å². The number of hydrogen-bond acceptors (Lipinski definition) is 4. The van der Waals surface area contributed by atoms with Gasteiger partial charge in [0.1, 0.15) is 12.6 Å². The molecule has 3 rings (SSSR count). The zero-order valence-electron chi connectivity index (χ0n) is 22.4. The molecule has 2 amide bonds. The number of hydrogen-bond donors (Lipinski definition) is 1. The van der Waals surface area contributed by atoms with Crippen LogP contribution in [-0.2, 0) is 26.2 Å². The second-order valence-corrected chi connectivity index (χ2v) is 11.8. The van der Waals surface area contributed by atoms with E-state index >= 15 is 0 Å². The number of benzene rings is 3. The molecule has 0 saturated carbocycles. The predicted molar refractivity (Wildman–Crippen MR) is 157 cm³/mol. The van der Waals surface area contributed by atoms with Crippen molar-refractivity contribution < 1.29 is 18.0 Å². The van der Waals surface area contributed by atoms with E-state index in [-0.39, 0.29) is 17.3 Å². The van der Waals surface area contributed by atoms with Crippen LogP contribution in [0, 0.1) is 13.8 Å². The molecule has 0 radical (unpaired) electrons. The van der Waals surface area contributed by atoms with Gasteiger partial charge >= 0.3 is 0 Å². The summed E-state index contributed by atoms with van der Waals surface area (Å²) in [6.07, 6.45) is 0.300. The summed E-state index contributed by atoms with van der Waals surface area (Å²) >= 11 is 12.9. The van der Waals surface area contributed by atoms with Crippen molar-refractivity contribution in [3.05, 3.63) is 93.5 Å². The summed E-state index contributed by atoms with van der Waals surface area (Å²) in [5.41, 5.74) is 2.38. The van der Waals surface area contributed by atoms with Crippen molar-refractivity contribution in [2.75, 3.05) is 17.4 Å². The van der Waals surface area contributed by atoms with Crippen molar-refractivity contribution in [3.8, 4) is 0 Å². The van der Waals surface area contributed by atoms with Crippen molar-refractivity contribution in [1.29, 1.82) is 0 Å². The quantitative estimate of drug-likeness (QED) is 0.308. The number of carbonyl (C=O) groups excluding carboxylic acids is 2. The van der Waals surface area contributed by atoms with E-state index in [2.05, 4.69) is 5.32 Å². The number of sulfonamides is 1. The van der Waals surface area contributed by atoms with E-state index in [1.807, 2.05) is 19.1 Å². The number of nitrogens with zero attached hydrogens (tertiary/aromatic N) is 2. The second kappa shape index (κ2) is 13.3. The number of likely N-dealkylation sites (N-methyl/N-ethyl adjacent to an activating group) is 1. The van der Waals surface area contributed by atoms with Crippen LogP contribution in [0.1, 0.15) is 37.0 Å². The molecule has 0 spiro atoms. The van der Waals surface area contributed by atoms with Crippen LogP contribution in [0.25, 0.3) is 0 Å². The first-order valence-electron chi connectivity index (χ1n) is 12.7. The Morgan fingerprint density at radius 3 is 2.15 bits per heavy atom. The molecule has 0 heterocycles. The Labute approximate surface area is 240 Å². The van der Waals surface area contributed by atoms with Crippen LogP contribution in [0.2, 0.25) is 10.0 Å². The Balaban J connectivity index is 2.13. The summed E-state index contributed by atoms with van der Waals surface area (Å²) in [7, 11) is -4.14. The predicted octanol–water partition coefficient (Wildman–Crippen LogP) is 5.75. The minimum absolute atomic E-state index is 0.0511. The van der Waals surface area contributed by atoms with E-state index in [0.29, 0.717) is 39.8 Å². The number of rotatable bonds is 11. The maximum Gasteiger partial charge on any atom is 0.264 e. The van der Waals surface area contributed by atoms with Crippen LogP contribution in [-0.4, -0.2) is 44.3 Å². The maximum absolute atomic E-state index is 14.1. The van der Waals surface area contributed by atoms with Gasteiger partial charge in [-0.1, -0.05) is 66.5 Å². The van der Waals surface area contributed by atoms with Gasteiger partial charge < -0.3 is 10.2 Å². The third-order valence-corrected chi connectivity index (χ3v) is 8.85. The van der Waals surface area contributed by atoms with Crippen molar-refractivity contribution in [1.82, 2.24) is 10.2 Å². The zero-order valence-corrected chi connectivity index (χ0v) is 24.8. The van der Waals surface area contributed by atoms with Crippen molar-refractivity contribution in [3.63, 3.8) is 0 Å². The first kappa shape index (κ1) is 30.5. The smallest absolute Gasteiger partial charge is 0.264 e. The summed E-state index contributed by atoms with van der Waals surface area (Å²) in [6, 6.07) is 17.5. The average Bonchev–Trinajstić information content (AvgIpc) is 2.90. The van der Waals surface area contributed by atoms with Gasteiger partial charge in [-0.05, 0) is 68.7 Å². The number of nitrogens with one attached hydrogen (secondary N) is 1. The lowest BCUT2D eigenvalue weighted by molar-refractivity contribution is -0.140. The van der Waals surface area contributed by atoms with E-state index in [1.54, 1.807) is 63.2 Å². The molecule has 0 aliphatic carbocycles. The molecule has 1 N–H and O–H groups in total. The fourth-order valence-corrected chi connectivity index (χ4v) is 6.29. The minimum atomic E-state index is -4.14. The SMILES string of the molecule is CCNC(=O)[C@@H](CC)N(Cc1c(Cl)cccc1Cl)C(=O)CN(c1cc(C)ccc1C)S(=O)(=O)c1ccccc1. The Bertz CT molecular complexity index is 1410. The number of amides is 2. The summed E-state index contributed by atoms with van der Waals surface area (Å²) < 4.78 is 29.0. The Morgan fingerprint density at radius 2 is 1.56 bits per heavy atom. The molecule has 208 valence electrons. The van der Waals surface area contributed by atoms with Crippen molar-refractivity contribution >= 4 is 50.7 Å². The van der Waals surface area contributed by atoms with E-state index in [0.717, 1.165) is 9.87 Å². The van der Waals surface area contributed by atoms with Gasteiger partial charge in [-0.25, -0.2) is 8.42 Å². The summed E-state index contributed by atoms with van der Waals surface area (Å²) in [4.78, 5) is 28.6. The molecule has 3 aromatic rings. The van der Waals surface area contributed by atoms with Crippen molar-refractivity contribution in [2.45, 2.75) is 51.6 Å². The molecule has 39 heavy (non-hydrogen) atoms. The number of halogens is 2. The van der Waals surface area contributed by atoms with E-state index in [1.165, 1.54) is 17.0 Å². The molecule has 0 aromatic heterocycles. The lowest BCUT2D eigenvalue weighted by Crippen LogP contribution is -2.52. The van der Waals surface area contributed by atoms with E-state index < -0.39 is 28.5 Å². The third-order valence-electron chi connectivity index (χ3n) is 6.37. The van der Waals surface area contributed by atoms with Crippen LogP contribution in [0.15, 0.2) is 71.6 Å². The molecule has 1 atom stereocenters. The van der Waals surface area contributed by atoms with Gasteiger partial charge in [0.2, 0.25) is 11.8 Å². The first-order valence-corrected chi connectivity index (χ1v) is 14.9. The standard InChI is InChI=1S/C29H33Cl2N3O4S/c1-5-26(29(36)32-6-2)33(18-23-24(30)13-10-14-25(23)31)28(35)19-34(27-17-20(3)15-16-21(27)4)39(37,38)22-11-8-7-9-12-22/h7-17,26H,5-6,18-19H2,1-4H3,(H,32,36)/t26-/m1/s1. The molecule has 0 saturated heterocycles. The highest BCUT2D eigenvalue weighted by Gasteiger charge is 2.34.